The van der Waals surface area contributed by atoms with Crippen molar-refractivity contribution in [2.24, 2.45) is 0 Å². The first-order valence-electron chi connectivity index (χ1n) is 3.84. The van der Waals surface area contributed by atoms with E-state index in [1.54, 1.807) is 11.5 Å². The second kappa shape index (κ2) is 3.15. The van der Waals surface area contributed by atoms with Gasteiger partial charge in [-0.05, 0) is 35.6 Å². The highest BCUT2D eigenvalue weighted by Crippen LogP contribution is 2.28. The molecule has 1 nitrogen and oxygen atoms in total. The lowest BCUT2D eigenvalue weighted by atomic mass is 10.1. The van der Waals surface area contributed by atoms with Gasteiger partial charge in [0.2, 0.25) is 0 Å². The van der Waals surface area contributed by atoms with E-state index in [-0.39, 0.29) is 0 Å². The summed E-state index contributed by atoms with van der Waals surface area (Å²) in [7, 11) is 0. The summed E-state index contributed by atoms with van der Waals surface area (Å²) in [6.07, 6.45) is 2.98. The fraction of sp³-hybridized carbons (Fsp3) is 0.222. The van der Waals surface area contributed by atoms with Crippen LogP contribution in [0.2, 0.25) is 0 Å². The normalized spacial score (nSPS) is 10.8. The van der Waals surface area contributed by atoms with Gasteiger partial charge in [-0.25, -0.2) is 0 Å². The molecule has 0 unspecified atom stereocenters. The van der Waals surface area contributed by atoms with Gasteiger partial charge in [0.05, 0.1) is 4.70 Å². The third-order valence-corrected chi connectivity index (χ3v) is 3.29. The van der Waals surface area contributed by atoms with E-state index in [0.29, 0.717) is 0 Å². The largest absolute Gasteiger partial charge is 0.200 e. The Balaban J connectivity index is 2.75. The van der Waals surface area contributed by atoms with Gasteiger partial charge in [-0.15, -0.1) is 0 Å². The van der Waals surface area contributed by atoms with Crippen molar-refractivity contribution in [3.05, 3.63) is 28.4 Å². The molecule has 0 spiro atoms. The maximum absolute atomic E-state index is 4.15. The molecule has 0 fully saturated rings. The van der Waals surface area contributed by atoms with Crippen LogP contribution in [0.15, 0.2) is 22.8 Å². The summed E-state index contributed by atoms with van der Waals surface area (Å²) in [6, 6.07) is 4.37. The molecule has 1 heterocycles. The van der Waals surface area contributed by atoms with E-state index in [4.69, 9.17) is 0 Å². The number of nitrogens with zero attached hydrogens (tertiary/aromatic N) is 1. The molecule has 2 aromatic rings. The Kier molecular flexibility index (Phi) is 2.15. The molecule has 0 aliphatic rings. The summed E-state index contributed by atoms with van der Waals surface area (Å²) < 4.78 is 6.57. The number of hydrogen-bond donors (Lipinski definition) is 0. The number of aryl methyl sites for hydroxylation is 1. The van der Waals surface area contributed by atoms with E-state index in [9.17, 15) is 0 Å². The quantitative estimate of drug-likeness (QED) is 0.744. The Bertz CT molecular complexity index is 408. The van der Waals surface area contributed by atoms with Gasteiger partial charge in [0.15, 0.2) is 0 Å². The Hall–Kier alpha value is -0.410. The lowest BCUT2D eigenvalue weighted by Crippen LogP contribution is -1.78. The van der Waals surface area contributed by atoms with Crippen LogP contribution < -0.4 is 0 Å². The van der Waals surface area contributed by atoms with Gasteiger partial charge >= 0.3 is 0 Å². The van der Waals surface area contributed by atoms with E-state index in [1.165, 1.54) is 15.6 Å². The Labute approximate surface area is 83.7 Å². The van der Waals surface area contributed by atoms with Crippen molar-refractivity contribution in [1.82, 2.24) is 4.37 Å². The predicted octanol–water partition coefficient (Wildman–Crippen LogP) is 3.62. The lowest BCUT2D eigenvalue weighted by Gasteiger charge is -1.98. The molecule has 0 amide bonds. The lowest BCUT2D eigenvalue weighted by molar-refractivity contribution is 1.14. The molecule has 0 saturated heterocycles. The number of hydrogen-bond acceptors (Lipinski definition) is 2. The highest BCUT2D eigenvalue weighted by molar-refractivity contribution is 9.10. The van der Waals surface area contributed by atoms with Gasteiger partial charge in [-0.1, -0.05) is 22.9 Å². The molecule has 1 aromatic heterocycles. The van der Waals surface area contributed by atoms with Crippen molar-refractivity contribution in [2.45, 2.75) is 13.3 Å². The zero-order chi connectivity index (χ0) is 8.55. The summed E-state index contributed by atoms with van der Waals surface area (Å²) in [5.41, 5.74) is 1.36. The first-order valence-corrected chi connectivity index (χ1v) is 5.40. The SMILES string of the molecule is CCc1cc(Br)c2cnsc2c1. The van der Waals surface area contributed by atoms with Crippen LogP contribution >= 0.6 is 27.5 Å². The van der Waals surface area contributed by atoms with Crippen LogP contribution in [-0.2, 0) is 6.42 Å². The van der Waals surface area contributed by atoms with Crippen LogP contribution in [-0.4, -0.2) is 4.37 Å². The van der Waals surface area contributed by atoms with Crippen LogP contribution in [0, 0.1) is 0 Å². The Morgan fingerprint density at radius 3 is 3.08 bits per heavy atom. The number of rotatable bonds is 1. The molecule has 3 heteroatoms. The average Bonchev–Trinajstić information content (AvgIpc) is 2.52. The highest BCUT2D eigenvalue weighted by atomic mass is 79.9. The zero-order valence-electron chi connectivity index (χ0n) is 6.67. The minimum atomic E-state index is 1.08. The molecule has 0 atom stereocenters. The van der Waals surface area contributed by atoms with Crippen LogP contribution in [0.5, 0.6) is 0 Å². The van der Waals surface area contributed by atoms with Gasteiger partial charge in [0.1, 0.15) is 0 Å². The summed E-state index contributed by atoms with van der Waals surface area (Å²) in [6.45, 7) is 2.16. The number of fused-ring (bicyclic) bond motifs is 1. The Morgan fingerprint density at radius 2 is 2.33 bits per heavy atom. The van der Waals surface area contributed by atoms with Crippen LogP contribution in [0.1, 0.15) is 12.5 Å². The van der Waals surface area contributed by atoms with Gasteiger partial charge in [-0.3, -0.25) is 0 Å². The van der Waals surface area contributed by atoms with E-state index in [2.05, 4.69) is 39.4 Å². The minimum absolute atomic E-state index is 1.08. The number of halogens is 1. The summed E-state index contributed by atoms with van der Waals surface area (Å²) >= 11 is 5.09. The van der Waals surface area contributed by atoms with Crippen molar-refractivity contribution in [3.63, 3.8) is 0 Å². The van der Waals surface area contributed by atoms with Gasteiger partial charge < -0.3 is 0 Å². The molecule has 2 rings (SSSR count). The van der Waals surface area contributed by atoms with E-state index < -0.39 is 0 Å². The first-order chi connectivity index (χ1) is 5.81. The van der Waals surface area contributed by atoms with Gasteiger partial charge in [0, 0.05) is 16.1 Å². The molecule has 1 aromatic carbocycles. The van der Waals surface area contributed by atoms with E-state index in [0.717, 1.165) is 10.9 Å². The molecule has 0 bridgehead atoms. The van der Waals surface area contributed by atoms with Crippen molar-refractivity contribution >= 4 is 37.5 Å². The Morgan fingerprint density at radius 1 is 1.50 bits per heavy atom. The molecule has 0 N–H and O–H groups in total. The van der Waals surface area contributed by atoms with Gasteiger partial charge in [0.25, 0.3) is 0 Å². The molecule has 0 aliphatic heterocycles. The minimum Gasteiger partial charge on any atom is -0.200 e. The second-order valence-corrected chi connectivity index (χ2v) is 4.36. The molecule has 0 saturated carbocycles. The molecule has 12 heavy (non-hydrogen) atoms. The second-order valence-electron chi connectivity index (χ2n) is 2.67. The molecule has 0 aliphatic carbocycles. The van der Waals surface area contributed by atoms with Crippen LogP contribution in [0.3, 0.4) is 0 Å². The smallest absolute Gasteiger partial charge is 0.0564 e. The van der Waals surface area contributed by atoms with Crippen LogP contribution in [0.4, 0.5) is 0 Å². The molecule has 62 valence electrons. The number of aromatic nitrogens is 1. The monoisotopic (exact) mass is 241 g/mol. The average molecular weight is 242 g/mol. The van der Waals surface area contributed by atoms with Gasteiger partial charge in [-0.2, -0.15) is 4.37 Å². The van der Waals surface area contributed by atoms with Crippen molar-refractivity contribution in [2.75, 3.05) is 0 Å². The first kappa shape index (κ1) is 8.20. The molecular formula is C9H8BrNS. The van der Waals surface area contributed by atoms with Crippen molar-refractivity contribution < 1.29 is 0 Å². The fourth-order valence-electron chi connectivity index (χ4n) is 1.19. The number of benzene rings is 1. The standard InChI is InChI=1S/C9H8BrNS/c1-2-6-3-8(10)7-5-11-12-9(7)4-6/h3-5H,2H2,1H3. The fourth-order valence-corrected chi connectivity index (χ4v) is 2.66. The van der Waals surface area contributed by atoms with Crippen LogP contribution in [0.25, 0.3) is 10.1 Å². The van der Waals surface area contributed by atoms with E-state index >= 15 is 0 Å². The zero-order valence-corrected chi connectivity index (χ0v) is 9.08. The maximum atomic E-state index is 4.15. The predicted molar refractivity (Wildman–Crippen MR) is 56.7 cm³/mol. The molecule has 0 radical (unpaired) electrons. The van der Waals surface area contributed by atoms with Crippen molar-refractivity contribution in [3.8, 4) is 0 Å². The summed E-state index contributed by atoms with van der Waals surface area (Å²) in [5.74, 6) is 0. The van der Waals surface area contributed by atoms with Crippen molar-refractivity contribution in [1.29, 1.82) is 0 Å². The third-order valence-electron chi connectivity index (χ3n) is 1.89. The topological polar surface area (TPSA) is 12.9 Å². The highest BCUT2D eigenvalue weighted by Gasteiger charge is 2.02. The summed E-state index contributed by atoms with van der Waals surface area (Å²) in [5, 5.41) is 1.22. The summed E-state index contributed by atoms with van der Waals surface area (Å²) in [4.78, 5) is 0. The maximum Gasteiger partial charge on any atom is 0.0564 e. The molecular weight excluding hydrogens is 234 g/mol. The third kappa shape index (κ3) is 1.27. The van der Waals surface area contributed by atoms with E-state index in [1.807, 2.05) is 6.20 Å².